The highest BCUT2D eigenvalue weighted by molar-refractivity contribution is 8.14. The molecule has 1 heterocycles. The maximum Gasteiger partial charge on any atom is 0.335 e. The number of hydrogen-bond acceptors (Lipinski definition) is 6. The number of carbonyl (C=O) groups is 1. The van der Waals surface area contributed by atoms with Crippen molar-refractivity contribution >= 4 is 22.8 Å². The van der Waals surface area contributed by atoms with Crippen molar-refractivity contribution in [2.45, 2.75) is 12.0 Å². The van der Waals surface area contributed by atoms with Gasteiger partial charge in [0.25, 0.3) is 0 Å². The van der Waals surface area contributed by atoms with E-state index in [1.165, 1.54) is 0 Å². The highest BCUT2D eigenvalue weighted by Crippen LogP contribution is 2.38. The van der Waals surface area contributed by atoms with Gasteiger partial charge in [0.2, 0.25) is 0 Å². The van der Waals surface area contributed by atoms with Gasteiger partial charge in [-0.25, -0.2) is 4.79 Å². The molecule has 0 radical (unpaired) electrons. The maximum absolute atomic E-state index is 11.0. The molecule has 1 aliphatic heterocycles. The molecule has 3 aromatic carbocycles. The Morgan fingerprint density at radius 1 is 1.07 bits per heavy atom. The lowest BCUT2D eigenvalue weighted by atomic mass is 10.1. The number of hydrogen-bond donors (Lipinski definition) is 2. The molecule has 0 saturated carbocycles. The van der Waals surface area contributed by atoms with Crippen LogP contribution >= 0.6 is 11.8 Å². The third-order valence-electron chi connectivity index (χ3n) is 4.62. The molecule has 1 atom stereocenters. The quantitative estimate of drug-likeness (QED) is 0.578. The van der Waals surface area contributed by atoms with Crippen molar-refractivity contribution in [3.8, 4) is 11.5 Å². The number of thioether (sulfide) groups is 1. The van der Waals surface area contributed by atoms with Crippen molar-refractivity contribution < 1.29 is 19.4 Å². The second-order valence-corrected chi connectivity index (χ2v) is 7.70. The van der Waals surface area contributed by atoms with Crippen LogP contribution in [0.2, 0.25) is 0 Å². The zero-order valence-electron chi connectivity index (χ0n) is 16.2. The van der Waals surface area contributed by atoms with Gasteiger partial charge in [0.15, 0.2) is 11.5 Å². The molecule has 6 nitrogen and oxygen atoms in total. The molecule has 0 amide bonds. The fourth-order valence-electron chi connectivity index (χ4n) is 3.01. The molecule has 152 valence electrons. The maximum atomic E-state index is 11.0. The molecule has 7 heteroatoms. The molecule has 1 aliphatic rings. The van der Waals surface area contributed by atoms with Crippen LogP contribution in [0, 0.1) is 0 Å². The van der Waals surface area contributed by atoms with Gasteiger partial charge < -0.3 is 14.6 Å². The Morgan fingerprint density at radius 2 is 1.83 bits per heavy atom. The highest BCUT2D eigenvalue weighted by atomic mass is 32.2. The number of carboxylic acid groups (broad SMARTS) is 1. The van der Waals surface area contributed by atoms with Crippen molar-refractivity contribution in [1.29, 1.82) is 0 Å². The minimum atomic E-state index is -0.947. The van der Waals surface area contributed by atoms with Gasteiger partial charge in [0.1, 0.15) is 17.0 Å². The fraction of sp³-hybridized carbons (Fsp3) is 0.130. The van der Waals surface area contributed by atoms with Crippen molar-refractivity contribution in [2.24, 2.45) is 5.10 Å². The molecule has 0 aromatic heterocycles. The zero-order valence-corrected chi connectivity index (χ0v) is 17.1. The van der Waals surface area contributed by atoms with Crippen molar-refractivity contribution in [1.82, 2.24) is 5.43 Å². The molecule has 0 unspecified atom stereocenters. The lowest BCUT2D eigenvalue weighted by Gasteiger charge is -2.15. The van der Waals surface area contributed by atoms with Crippen LogP contribution in [0.15, 0.2) is 77.9 Å². The molecule has 0 bridgehead atoms. The number of methoxy groups -OCH3 is 1. The monoisotopic (exact) mass is 420 g/mol. The number of carboxylic acids is 1. The van der Waals surface area contributed by atoms with E-state index in [0.29, 0.717) is 18.1 Å². The number of benzene rings is 3. The average Bonchev–Trinajstić information content (AvgIpc) is 3.29. The zero-order chi connectivity index (χ0) is 20.9. The van der Waals surface area contributed by atoms with Gasteiger partial charge in [-0.2, -0.15) is 5.10 Å². The van der Waals surface area contributed by atoms with Crippen LogP contribution in [0.1, 0.15) is 32.4 Å². The Kier molecular flexibility index (Phi) is 5.90. The van der Waals surface area contributed by atoms with E-state index < -0.39 is 5.97 Å². The topological polar surface area (TPSA) is 80.1 Å². The van der Waals surface area contributed by atoms with E-state index in [9.17, 15) is 4.79 Å². The summed E-state index contributed by atoms with van der Waals surface area (Å²) in [6.07, 6.45) is 0. The SMILES string of the molecule is COc1cc([C@H]2NN=C(c3ccccc3)S2)ccc1OCc1ccc(C(=O)O)cc1. The van der Waals surface area contributed by atoms with Crippen molar-refractivity contribution in [2.75, 3.05) is 7.11 Å². The first-order valence-corrected chi connectivity index (χ1v) is 10.2. The van der Waals surface area contributed by atoms with Crippen LogP contribution in [-0.2, 0) is 6.61 Å². The predicted octanol–water partition coefficient (Wildman–Crippen LogP) is 4.67. The Morgan fingerprint density at radius 3 is 2.53 bits per heavy atom. The second-order valence-electron chi connectivity index (χ2n) is 6.61. The predicted molar refractivity (Wildman–Crippen MR) is 117 cm³/mol. The van der Waals surface area contributed by atoms with Crippen LogP contribution in [0.4, 0.5) is 0 Å². The summed E-state index contributed by atoms with van der Waals surface area (Å²) in [4.78, 5) is 11.0. The molecule has 0 fully saturated rings. The number of nitrogens with one attached hydrogen (secondary N) is 1. The molecule has 2 N–H and O–H groups in total. The molecule has 4 rings (SSSR count). The van der Waals surface area contributed by atoms with Gasteiger partial charge in [-0.15, -0.1) is 0 Å². The first-order valence-electron chi connectivity index (χ1n) is 9.32. The molecule has 3 aromatic rings. The Labute approximate surface area is 178 Å². The van der Waals surface area contributed by atoms with Crippen LogP contribution in [0.3, 0.4) is 0 Å². The van der Waals surface area contributed by atoms with E-state index >= 15 is 0 Å². The van der Waals surface area contributed by atoms with Gasteiger partial charge in [-0.05, 0) is 35.4 Å². The smallest absolute Gasteiger partial charge is 0.335 e. The summed E-state index contributed by atoms with van der Waals surface area (Å²) in [6.45, 7) is 0.313. The third kappa shape index (κ3) is 4.41. The average molecular weight is 420 g/mol. The lowest BCUT2D eigenvalue weighted by molar-refractivity contribution is 0.0697. The molecule has 30 heavy (non-hydrogen) atoms. The Balaban J connectivity index is 1.42. The summed E-state index contributed by atoms with van der Waals surface area (Å²) in [5, 5.41) is 14.4. The van der Waals surface area contributed by atoms with Gasteiger partial charge in [-0.3, -0.25) is 5.43 Å². The van der Waals surface area contributed by atoms with Crippen LogP contribution < -0.4 is 14.9 Å². The minimum absolute atomic E-state index is 0.00767. The first-order chi connectivity index (χ1) is 14.6. The fourth-order valence-corrected chi connectivity index (χ4v) is 4.00. The molecule has 0 saturated heterocycles. The first kappa shape index (κ1) is 19.8. The standard InChI is InChI=1S/C23H20N2O4S/c1-28-20-13-18(22-25-24-21(30-22)16-5-3-2-4-6-16)11-12-19(20)29-14-15-7-9-17(10-8-15)23(26)27/h2-13,22,25H,14H2,1H3,(H,26,27)/t22-/m0/s1. The Bertz CT molecular complexity index is 1070. The summed E-state index contributed by atoms with van der Waals surface area (Å²) >= 11 is 1.65. The minimum Gasteiger partial charge on any atom is -0.493 e. The lowest BCUT2D eigenvalue weighted by Crippen LogP contribution is -2.07. The summed E-state index contributed by atoms with van der Waals surface area (Å²) in [5.74, 6) is 0.304. The van der Waals surface area contributed by atoms with Crippen LogP contribution in [0.5, 0.6) is 11.5 Å². The molecule has 0 aliphatic carbocycles. The van der Waals surface area contributed by atoms with Gasteiger partial charge in [-0.1, -0.05) is 60.3 Å². The summed E-state index contributed by atoms with van der Waals surface area (Å²) < 4.78 is 11.4. The number of nitrogens with zero attached hydrogens (tertiary/aromatic N) is 1. The summed E-state index contributed by atoms with van der Waals surface area (Å²) in [5.41, 5.74) is 6.41. The van der Waals surface area contributed by atoms with E-state index in [1.807, 2.05) is 48.5 Å². The van der Waals surface area contributed by atoms with Gasteiger partial charge >= 0.3 is 5.97 Å². The number of hydrazone groups is 1. The largest absolute Gasteiger partial charge is 0.493 e. The molecule has 0 spiro atoms. The second kappa shape index (κ2) is 8.92. The molecular weight excluding hydrogens is 400 g/mol. The van der Waals surface area contributed by atoms with E-state index in [4.69, 9.17) is 14.6 Å². The third-order valence-corrected chi connectivity index (χ3v) is 5.78. The summed E-state index contributed by atoms with van der Waals surface area (Å²) in [6, 6.07) is 22.5. The number of rotatable bonds is 7. The van der Waals surface area contributed by atoms with Crippen molar-refractivity contribution in [3.05, 3.63) is 95.1 Å². The normalized spacial score (nSPS) is 15.2. The van der Waals surface area contributed by atoms with E-state index in [1.54, 1.807) is 43.1 Å². The van der Waals surface area contributed by atoms with Crippen LogP contribution in [-0.4, -0.2) is 23.2 Å². The van der Waals surface area contributed by atoms with Crippen LogP contribution in [0.25, 0.3) is 0 Å². The Hall–Kier alpha value is -3.45. The van der Waals surface area contributed by atoms with E-state index in [0.717, 1.165) is 21.7 Å². The van der Waals surface area contributed by atoms with Crippen molar-refractivity contribution in [3.63, 3.8) is 0 Å². The van der Waals surface area contributed by atoms with Gasteiger partial charge in [0.05, 0.1) is 12.7 Å². The van der Waals surface area contributed by atoms with E-state index in [-0.39, 0.29) is 10.9 Å². The molecular formula is C23H20N2O4S. The highest BCUT2D eigenvalue weighted by Gasteiger charge is 2.23. The number of ether oxygens (including phenoxy) is 2. The number of aromatic carboxylic acids is 1. The van der Waals surface area contributed by atoms with E-state index in [2.05, 4.69) is 10.5 Å². The summed E-state index contributed by atoms with van der Waals surface area (Å²) in [7, 11) is 1.61. The van der Waals surface area contributed by atoms with Gasteiger partial charge in [0, 0.05) is 5.56 Å².